The smallest absolute Gasteiger partial charge is 0.0615 e. The van der Waals surface area contributed by atoms with Crippen molar-refractivity contribution in [2.45, 2.75) is 25.2 Å². The van der Waals surface area contributed by atoms with Gasteiger partial charge in [-0.1, -0.05) is 79.2 Å². The number of aliphatic hydroxyl groups is 1. The van der Waals surface area contributed by atoms with E-state index < -0.39 is 0 Å². The SMILES string of the molecule is [CH2]CCC(=CCO)CC(c1ccccc1)c1ccccc1. The van der Waals surface area contributed by atoms with Gasteiger partial charge in [0.1, 0.15) is 0 Å². The Morgan fingerprint density at radius 1 is 0.952 bits per heavy atom. The number of benzene rings is 2. The van der Waals surface area contributed by atoms with Gasteiger partial charge in [0.25, 0.3) is 0 Å². The van der Waals surface area contributed by atoms with Crippen LogP contribution in [0.1, 0.15) is 36.3 Å². The fourth-order valence-electron chi connectivity index (χ4n) is 2.70. The fourth-order valence-corrected chi connectivity index (χ4v) is 2.70. The molecular formula is C20H23O. The van der Waals surface area contributed by atoms with Gasteiger partial charge in [-0.15, -0.1) is 0 Å². The van der Waals surface area contributed by atoms with Crippen molar-refractivity contribution < 1.29 is 5.11 Å². The number of rotatable bonds is 7. The summed E-state index contributed by atoms with van der Waals surface area (Å²) in [5.74, 6) is 0.330. The van der Waals surface area contributed by atoms with Crippen LogP contribution in [0.25, 0.3) is 0 Å². The highest BCUT2D eigenvalue weighted by atomic mass is 16.2. The molecule has 1 radical (unpaired) electrons. The lowest BCUT2D eigenvalue weighted by molar-refractivity contribution is 0.341. The van der Waals surface area contributed by atoms with Crippen LogP contribution in [0.4, 0.5) is 0 Å². The van der Waals surface area contributed by atoms with E-state index >= 15 is 0 Å². The Morgan fingerprint density at radius 3 is 1.90 bits per heavy atom. The van der Waals surface area contributed by atoms with E-state index in [-0.39, 0.29) is 6.61 Å². The maximum Gasteiger partial charge on any atom is 0.0615 e. The molecule has 0 aliphatic carbocycles. The van der Waals surface area contributed by atoms with Gasteiger partial charge in [-0.25, -0.2) is 0 Å². The largest absolute Gasteiger partial charge is 0.392 e. The normalized spacial score (nSPS) is 11.9. The molecule has 0 saturated heterocycles. The molecule has 2 aromatic rings. The predicted octanol–water partition coefficient (Wildman–Crippen LogP) is 4.74. The second-order valence-electron chi connectivity index (χ2n) is 5.23. The van der Waals surface area contributed by atoms with Crippen LogP contribution in [0.3, 0.4) is 0 Å². The second-order valence-corrected chi connectivity index (χ2v) is 5.23. The van der Waals surface area contributed by atoms with Crippen LogP contribution in [-0.4, -0.2) is 11.7 Å². The van der Waals surface area contributed by atoms with Crippen LogP contribution < -0.4 is 0 Å². The molecule has 0 unspecified atom stereocenters. The van der Waals surface area contributed by atoms with E-state index in [4.69, 9.17) is 0 Å². The van der Waals surface area contributed by atoms with E-state index in [1.165, 1.54) is 16.7 Å². The van der Waals surface area contributed by atoms with Crippen LogP contribution >= 0.6 is 0 Å². The molecule has 1 nitrogen and oxygen atoms in total. The van der Waals surface area contributed by atoms with Crippen molar-refractivity contribution in [3.8, 4) is 0 Å². The van der Waals surface area contributed by atoms with Crippen molar-refractivity contribution in [2.75, 3.05) is 6.61 Å². The number of hydrogen-bond acceptors (Lipinski definition) is 1. The molecular weight excluding hydrogens is 256 g/mol. The topological polar surface area (TPSA) is 20.2 Å². The van der Waals surface area contributed by atoms with Crippen molar-refractivity contribution in [1.29, 1.82) is 0 Å². The summed E-state index contributed by atoms with van der Waals surface area (Å²) in [5.41, 5.74) is 3.92. The van der Waals surface area contributed by atoms with E-state index in [0.717, 1.165) is 19.3 Å². The molecule has 2 rings (SSSR count). The summed E-state index contributed by atoms with van der Waals surface area (Å²) in [6.45, 7) is 4.04. The van der Waals surface area contributed by atoms with Crippen LogP contribution in [-0.2, 0) is 0 Å². The van der Waals surface area contributed by atoms with Crippen LogP contribution in [0.15, 0.2) is 72.3 Å². The zero-order valence-electron chi connectivity index (χ0n) is 12.4. The van der Waals surface area contributed by atoms with E-state index in [9.17, 15) is 5.11 Å². The maximum atomic E-state index is 9.22. The summed E-state index contributed by atoms with van der Waals surface area (Å²) < 4.78 is 0. The zero-order chi connectivity index (χ0) is 14.9. The molecule has 0 heterocycles. The fraction of sp³-hybridized carbons (Fsp3) is 0.250. The Hall–Kier alpha value is -1.86. The Morgan fingerprint density at radius 2 is 1.48 bits per heavy atom. The van der Waals surface area contributed by atoms with Crippen LogP contribution in [0.5, 0.6) is 0 Å². The molecule has 0 atom stereocenters. The first kappa shape index (κ1) is 15.5. The first-order valence-electron chi connectivity index (χ1n) is 7.53. The summed E-state index contributed by atoms with van der Waals surface area (Å²) in [6, 6.07) is 21.2. The Balaban J connectivity index is 2.31. The molecule has 2 aromatic carbocycles. The van der Waals surface area contributed by atoms with Crippen molar-refractivity contribution in [3.63, 3.8) is 0 Å². The van der Waals surface area contributed by atoms with Crippen molar-refractivity contribution >= 4 is 0 Å². The van der Waals surface area contributed by atoms with E-state index in [2.05, 4.69) is 55.5 Å². The van der Waals surface area contributed by atoms with Crippen molar-refractivity contribution in [3.05, 3.63) is 90.4 Å². The van der Waals surface area contributed by atoms with Gasteiger partial charge in [0.2, 0.25) is 0 Å². The van der Waals surface area contributed by atoms with Gasteiger partial charge >= 0.3 is 0 Å². The molecule has 21 heavy (non-hydrogen) atoms. The minimum absolute atomic E-state index is 0.103. The molecule has 0 fully saturated rings. The van der Waals surface area contributed by atoms with E-state index in [1.54, 1.807) is 0 Å². The lowest BCUT2D eigenvalue weighted by Crippen LogP contribution is -2.03. The van der Waals surface area contributed by atoms with Gasteiger partial charge in [-0.05, 0) is 30.4 Å². The number of hydrogen-bond donors (Lipinski definition) is 1. The molecule has 0 aliphatic rings. The highest BCUT2D eigenvalue weighted by Crippen LogP contribution is 2.32. The second kappa shape index (κ2) is 8.43. The van der Waals surface area contributed by atoms with Gasteiger partial charge in [-0.2, -0.15) is 0 Å². The van der Waals surface area contributed by atoms with Gasteiger partial charge in [0.05, 0.1) is 6.61 Å². The van der Waals surface area contributed by atoms with E-state index in [1.807, 2.05) is 18.2 Å². The summed E-state index contributed by atoms with van der Waals surface area (Å²) >= 11 is 0. The number of allylic oxidation sites excluding steroid dienone is 1. The Kier molecular flexibility index (Phi) is 6.23. The maximum absolute atomic E-state index is 9.22. The molecule has 0 spiro atoms. The first-order valence-corrected chi connectivity index (χ1v) is 7.53. The lowest BCUT2D eigenvalue weighted by atomic mass is 9.85. The average molecular weight is 279 g/mol. The van der Waals surface area contributed by atoms with Crippen molar-refractivity contribution in [1.82, 2.24) is 0 Å². The van der Waals surface area contributed by atoms with Crippen LogP contribution in [0, 0.1) is 6.92 Å². The number of aliphatic hydroxyl groups excluding tert-OH is 1. The molecule has 0 bridgehead atoms. The average Bonchev–Trinajstić information content (AvgIpc) is 2.54. The minimum atomic E-state index is 0.103. The molecule has 0 aliphatic heterocycles. The summed E-state index contributed by atoms with van der Waals surface area (Å²) in [4.78, 5) is 0. The zero-order valence-corrected chi connectivity index (χ0v) is 12.4. The predicted molar refractivity (Wildman–Crippen MR) is 89.1 cm³/mol. The highest BCUT2D eigenvalue weighted by Gasteiger charge is 2.15. The lowest BCUT2D eigenvalue weighted by Gasteiger charge is -2.20. The quantitative estimate of drug-likeness (QED) is 0.726. The van der Waals surface area contributed by atoms with Crippen LogP contribution in [0.2, 0.25) is 0 Å². The van der Waals surface area contributed by atoms with Gasteiger partial charge in [0.15, 0.2) is 0 Å². The molecule has 1 N–H and O–H groups in total. The van der Waals surface area contributed by atoms with Gasteiger partial charge in [-0.3, -0.25) is 0 Å². The van der Waals surface area contributed by atoms with Gasteiger partial charge < -0.3 is 5.11 Å². The Labute approximate surface area is 128 Å². The first-order chi connectivity index (χ1) is 10.3. The third kappa shape index (κ3) is 4.57. The molecule has 0 amide bonds. The summed E-state index contributed by atoms with van der Waals surface area (Å²) in [5, 5.41) is 9.22. The van der Waals surface area contributed by atoms with Crippen molar-refractivity contribution in [2.24, 2.45) is 0 Å². The minimum Gasteiger partial charge on any atom is -0.392 e. The third-order valence-electron chi connectivity index (χ3n) is 3.75. The summed E-state index contributed by atoms with van der Waals surface area (Å²) in [6.07, 6.45) is 4.67. The third-order valence-corrected chi connectivity index (χ3v) is 3.75. The van der Waals surface area contributed by atoms with E-state index in [0.29, 0.717) is 5.92 Å². The Bertz CT molecular complexity index is 503. The highest BCUT2D eigenvalue weighted by molar-refractivity contribution is 5.34. The molecule has 0 aromatic heterocycles. The van der Waals surface area contributed by atoms with Gasteiger partial charge in [0, 0.05) is 5.92 Å². The monoisotopic (exact) mass is 279 g/mol. The standard InChI is InChI=1S/C20H23O/c1-2-9-17(14-15-21)16-20(18-10-5-3-6-11-18)19-12-7-4-8-13-19/h3-8,10-14,20-21H,1-2,9,15-16H2. The molecule has 0 saturated carbocycles. The molecule has 109 valence electrons. The molecule has 1 heteroatoms. The summed E-state index contributed by atoms with van der Waals surface area (Å²) in [7, 11) is 0.